The Kier molecular flexibility index (Phi) is 3.96. The standard InChI is InChI=1S/C5H10FNO2/c1-2-7-4(3-6)5(8)9/h4,7H,2-3H2,1H3,(H,8,9)/t4-/m0/s1. The highest BCUT2D eigenvalue weighted by Crippen LogP contribution is 1.83. The minimum atomic E-state index is -1.14. The van der Waals surface area contributed by atoms with E-state index in [9.17, 15) is 9.18 Å². The van der Waals surface area contributed by atoms with Gasteiger partial charge in [0.1, 0.15) is 12.7 Å². The molecular formula is C5H10FNO2. The highest BCUT2D eigenvalue weighted by molar-refractivity contribution is 5.73. The van der Waals surface area contributed by atoms with Gasteiger partial charge in [-0.05, 0) is 6.54 Å². The molecule has 1 atom stereocenters. The molecule has 0 aromatic heterocycles. The fourth-order valence-corrected chi connectivity index (χ4v) is 0.454. The Morgan fingerprint density at radius 1 is 1.89 bits per heavy atom. The molecule has 0 heterocycles. The lowest BCUT2D eigenvalue weighted by Gasteiger charge is -2.06. The number of alkyl halides is 1. The maximum Gasteiger partial charge on any atom is 0.323 e. The Balaban J connectivity index is 3.54. The lowest BCUT2D eigenvalue weighted by molar-refractivity contribution is -0.139. The van der Waals surface area contributed by atoms with E-state index in [-0.39, 0.29) is 0 Å². The van der Waals surface area contributed by atoms with Crippen LogP contribution in [0.25, 0.3) is 0 Å². The zero-order valence-electron chi connectivity index (χ0n) is 5.22. The number of halogens is 1. The number of hydrogen-bond donors (Lipinski definition) is 2. The summed E-state index contributed by atoms with van der Waals surface area (Å²) in [5.41, 5.74) is 0. The second kappa shape index (κ2) is 4.26. The molecule has 0 aliphatic carbocycles. The summed E-state index contributed by atoms with van der Waals surface area (Å²) in [5, 5.41) is 10.7. The molecule has 0 spiro atoms. The van der Waals surface area contributed by atoms with Gasteiger partial charge < -0.3 is 10.4 Å². The van der Waals surface area contributed by atoms with Gasteiger partial charge in [-0.1, -0.05) is 6.92 Å². The Hall–Kier alpha value is -0.640. The molecule has 4 heteroatoms. The Bertz CT molecular complexity index is 97.0. The van der Waals surface area contributed by atoms with Crippen molar-refractivity contribution in [1.82, 2.24) is 5.32 Å². The van der Waals surface area contributed by atoms with Gasteiger partial charge in [0.05, 0.1) is 0 Å². The van der Waals surface area contributed by atoms with Crippen molar-refractivity contribution in [3.63, 3.8) is 0 Å². The van der Waals surface area contributed by atoms with Crippen molar-refractivity contribution in [2.45, 2.75) is 13.0 Å². The van der Waals surface area contributed by atoms with Gasteiger partial charge in [0.15, 0.2) is 0 Å². The lowest BCUT2D eigenvalue weighted by Crippen LogP contribution is -2.38. The van der Waals surface area contributed by atoms with Gasteiger partial charge in [0, 0.05) is 0 Å². The van der Waals surface area contributed by atoms with Gasteiger partial charge in [0.2, 0.25) is 0 Å². The molecule has 0 fully saturated rings. The Morgan fingerprint density at radius 3 is 2.56 bits per heavy atom. The first-order chi connectivity index (χ1) is 4.22. The molecule has 0 radical (unpaired) electrons. The second-order valence-electron chi connectivity index (χ2n) is 1.60. The largest absolute Gasteiger partial charge is 0.480 e. The van der Waals surface area contributed by atoms with Crippen LogP contribution < -0.4 is 5.32 Å². The molecule has 0 aromatic carbocycles. The van der Waals surface area contributed by atoms with Crippen molar-refractivity contribution in [3.05, 3.63) is 0 Å². The third-order valence-electron chi connectivity index (χ3n) is 0.903. The molecule has 2 N–H and O–H groups in total. The zero-order valence-corrected chi connectivity index (χ0v) is 5.22. The summed E-state index contributed by atoms with van der Waals surface area (Å²) in [7, 11) is 0. The summed E-state index contributed by atoms with van der Waals surface area (Å²) in [5.74, 6) is -1.14. The first kappa shape index (κ1) is 8.36. The molecule has 0 saturated heterocycles. The van der Waals surface area contributed by atoms with E-state index in [1.807, 2.05) is 0 Å². The van der Waals surface area contributed by atoms with Crippen molar-refractivity contribution in [3.8, 4) is 0 Å². The zero-order chi connectivity index (χ0) is 7.28. The SMILES string of the molecule is CCN[C@@H](CF)C(=O)O. The van der Waals surface area contributed by atoms with Crippen LogP contribution in [-0.4, -0.2) is 30.3 Å². The van der Waals surface area contributed by atoms with Crippen molar-refractivity contribution < 1.29 is 14.3 Å². The molecule has 0 bridgehead atoms. The summed E-state index contributed by atoms with van der Waals surface area (Å²) >= 11 is 0. The average Bonchev–Trinajstić information content (AvgIpc) is 1.82. The number of hydrogen-bond acceptors (Lipinski definition) is 2. The van der Waals surface area contributed by atoms with Crippen LogP contribution in [0.4, 0.5) is 4.39 Å². The first-order valence-electron chi connectivity index (χ1n) is 2.74. The van der Waals surface area contributed by atoms with E-state index in [2.05, 4.69) is 5.32 Å². The maximum atomic E-state index is 11.7. The normalized spacial score (nSPS) is 13.1. The number of rotatable bonds is 4. The van der Waals surface area contributed by atoms with Gasteiger partial charge in [-0.3, -0.25) is 4.79 Å². The minimum Gasteiger partial charge on any atom is -0.480 e. The van der Waals surface area contributed by atoms with Crippen molar-refractivity contribution >= 4 is 5.97 Å². The summed E-state index contributed by atoms with van der Waals surface area (Å²) < 4.78 is 11.7. The third-order valence-corrected chi connectivity index (χ3v) is 0.903. The van der Waals surface area contributed by atoms with Crippen LogP contribution in [0.5, 0.6) is 0 Å². The summed E-state index contributed by atoms with van der Waals surface area (Å²) in [4.78, 5) is 10.0. The van der Waals surface area contributed by atoms with E-state index in [4.69, 9.17) is 5.11 Å². The third kappa shape index (κ3) is 3.03. The van der Waals surface area contributed by atoms with Gasteiger partial charge in [-0.15, -0.1) is 0 Å². The van der Waals surface area contributed by atoms with Crippen LogP contribution >= 0.6 is 0 Å². The van der Waals surface area contributed by atoms with Gasteiger partial charge in [-0.2, -0.15) is 0 Å². The fourth-order valence-electron chi connectivity index (χ4n) is 0.454. The van der Waals surface area contributed by atoms with Crippen LogP contribution in [0.2, 0.25) is 0 Å². The molecule has 3 nitrogen and oxygen atoms in total. The van der Waals surface area contributed by atoms with E-state index >= 15 is 0 Å². The Labute approximate surface area is 52.9 Å². The number of carboxylic acid groups (broad SMARTS) is 1. The van der Waals surface area contributed by atoms with E-state index in [0.717, 1.165) is 0 Å². The monoisotopic (exact) mass is 135 g/mol. The maximum absolute atomic E-state index is 11.7. The van der Waals surface area contributed by atoms with E-state index in [1.54, 1.807) is 6.92 Å². The molecule has 0 aliphatic heterocycles. The topological polar surface area (TPSA) is 49.3 Å². The predicted octanol–water partition coefficient (Wildman–Crippen LogP) is 0.0186. The molecular weight excluding hydrogens is 125 g/mol. The summed E-state index contributed by atoms with van der Waals surface area (Å²) in [6.07, 6.45) is 0. The number of nitrogens with one attached hydrogen (secondary N) is 1. The number of carboxylic acids is 1. The van der Waals surface area contributed by atoms with E-state index < -0.39 is 18.7 Å². The molecule has 0 rings (SSSR count). The average molecular weight is 135 g/mol. The van der Waals surface area contributed by atoms with Crippen molar-refractivity contribution in [2.24, 2.45) is 0 Å². The summed E-state index contributed by atoms with van der Waals surface area (Å²) in [6, 6.07) is -1.03. The minimum absolute atomic E-state index is 0.473. The molecule has 0 saturated carbocycles. The number of likely N-dealkylation sites (N-methyl/N-ethyl adjacent to an activating group) is 1. The molecule has 0 aliphatic rings. The van der Waals surface area contributed by atoms with Gasteiger partial charge in [0.25, 0.3) is 0 Å². The van der Waals surface area contributed by atoms with Crippen LogP contribution in [0.15, 0.2) is 0 Å². The van der Waals surface area contributed by atoms with Crippen LogP contribution in [-0.2, 0) is 4.79 Å². The highest BCUT2D eigenvalue weighted by atomic mass is 19.1. The van der Waals surface area contributed by atoms with Crippen molar-refractivity contribution in [1.29, 1.82) is 0 Å². The highest BCUT2D eigenvalue weighted by Gasteiger charge is 2.13. The molecule has 0 amide bonds. The fraction of sp³-hybridized carbons (Fsp3) is 0.800. The van der Waals surface area contributed by atoms with Crippen LogP contribution in [0, 0.1) is 0 Å². The second-order valence-corrected chi connectivity index (χ2v) is 1.60. The quantitative estimate of drug-likeness (QED) is 0.571. The van der Waals surface area contributed by atoms with Gasteiger partial charge in [-0.25, -0.2) is 4.39 Å². The summed E-state index contributed by atoms with van der Waals surface area (Å²) in [6.45, 7) is 1.34. The van der Waals surface area contributed by atoms with Crippen LogP contribution in [0.1, 0.15) is 6.92 Å². The number of carbonyl (C=O) groups is 1. The van der Waals surface area contributed by atoms with Crippen LogP contribution in [0.3, 0.4) is 0 Å². The predicted molar refractivity (Wildman–Crippen MR) is 31.1 cm³/mol. The smallest absolute Gasteiger partial charge is 0.323 e. The first-order valence-corrected chi connectivity index (χ1v) is 2.74. The Morgan fingerprint density at radius 2 is 2.44 bits per heavy atom. The lowest BCUT2D eigenvalue weighted by atomic mass is 10.3. The molecule has 54 valence electrons. The van der Waals surface area contributed by atoms with E-state index in [0.29, 0.717) is 6.54 Å². The molecule has 0 unspecified atom stereocenters. The number of aliphatic carboxylic acids is 1. The van der Waals surface area contributed by atoms with E-state index in [1.165, 1.54) is 0 Å². The van der Waals surface area contributed by atoms with Crippen molar-refractivity contribution in [2.75, 3.05) is 13.2 Å². The molecule has 0 aromatic rings. The van der Waals surface area contributed by atoms with Gasteiger partial charge >= 0.3 is 5.97 Å². The molecule has 9 heavy (non-hydrogen) atoms.